The summed E-state index contributed by atoms with van der Waals surface area (Å²) in [7, 11) is 0. The molecule has 1 aromatic rings. The smallest absolute Gasteiger partial charge is 0.251 e. The maximum atomic E-state index is 11.6. The predicted octanol–water partition coefficient (Wildman–Crippen LogP) is -0.0384. The standard InChI is InChI=1S/C10H15N3O2/c1-6(5-14)13-10(15)7-2-8(11)4-9(12)3-7/h2-4,6,14H,5,11-12H2,1H3,(H,13,15). The molecule has 0 aliphatic carbocycles. The lowest BCUT2D eigenvalue weighted by Gasteiger charge is -2.11. The molecule has 0 aliphatic rings. The monoisotopic (exact) mass is 209 g/mol. The highest BCUT2D eigenvalue weighted by molar-refractivity contribution is 5.96. The van der Waals surface area contributed by atoms with Crippen LogP contribution in [0.25, 0.3) is 0 Å². The summed E-state index contributed by atoms with van der Waals surface area (Å²) in [6.07, 6.45) is 0. The maximum Gasteiger partial charge on any atom is 0.251 e. The Morgan fingerprint density at radius 3 is 2.40 bits per heavy atom. The molecular weight excluding hydrogens is 194 g/mol. The highest BCUT2D eigenvalue weighted by Crippen LogP contribution is 2.13. The number of rotatable bonds is 3. The largest absolute Gasteiger partial charge is 0.399 e. The summed E-state index contributed by atoms with van der Waals surface area (Å²) in [5, 5.41) is 11.4. The number of hydrogen-bond acceptors (Lipinski definition) is 4. The minimum Gasteiger partial charge on any atom is -0.399 e. The van der Waals surface area contributed by atoms with E-state index in [-0.39, 0.29) is 18.6 Å². The van der Waals surface area contributed by atoms with Crippen LogP contribution >= 0.6 is 0 Å². The molecule has 82 valence electrons. The molecule has 15 heavy (non-hydrogen) atoms. The third-order valence-corrected chi connectivity index (χ3v) is 1.89. The SMILES string of the molecule is CC(CO)NC(=O)c1cc(N)cc(N)c1. The highest BCUT2D eigenvalue weighted by atomic mass is 16.3. The van der Waals surface area contributed by atoms with E-state index in [2.05, 4.69) is 5.32 Å². The van der Waals surface area contributed by atoms with E-state index in [9.17, 15) is 4.79 Å². The molecule has 1 unspecified atom stereocenters. The zero-order valence-corrected chi connectivity index (χ0v) is 8.53. The van der Waals surface area contributed by atoms with Gasteiger partial charge in [-0.1, -0.05) is 0 Å². The summed E-state index contributed by atoms with van der Waals surface area (Å²) < 4.78 is 0. The molecule has 1 atom stereocenters. The minimum absolute atomic E-state index is 0.108. The van der Waals surface area contributed by atoms with Gasteiger partial charge in [0.1, 0.15) is 0 Å². The Labute approximate surface area is 88.1 Å². The van der Waals surface area contributed by atoms with Gasteiger partial charge in [0.15, 0.2) is 0 Å². The van der Waals surface area contributed by atoms with Crippen LogP contribution < -0.4 is 16.8 Å². The zero-order valence-electron chi connectivity index (χ0n) is 8.53. The third-order valence-electron chi connectivity index (χ3n) is 1.89. The van der Waals surface area contributed by atoms with Gasteiger partial charge in [-0.15, -0.1) is 0 Å². The van der Waals surface area contributed by atoms with Gasteiger partial charge in [0.05, 0.1) is 6.61 Å². The Balaban J connectivity index is 2.82. The number of benzene rings is 1. The van der Waals surface area contributed by atoms with Crippen molar-refractivity contribution in [1.82, 2.24) is 5.32 Å². The van der Waals surface area contributed by atoms with Gasteiger partial charge in [0.2, 0.25) is 0 Å². The number of aliphatic hydroxyl groups excluding tert-OH is 1. The molecule has 6 N–H and O–H groups in total. The number of carbonyl (C=O) groups is 1. The van der Waals surface area contributed by atoms with Crippen molar-refractivity contribution in [3.8, 4) is 0 Å². The highest BCUT2D eigenvalue weighted by Gasteiger charge is 2.09. The van der Waals surface area contributed by atoms with Crippen LogP contribution in [0.15, 0.2) is 18.2 Å². The maximum absolute atomic E-state index is 11.6. The summed E-state index contributed by atoms with van der Waals surface area (Å²) in [6.45, 7) is 1.59. The van der Waals surface area contributed by atoms with E-state index in [1.807, 2.05) is 0 Å². The quantitative estimate of drug-likeness (QED) is 0.525. The van der Waals surface area contributed by atoms with E-state index in [1.165, 1.54) is 12.1 Å². The molecule has 1 rings (SSSR count). The van der Waals surface area contributed by atoms with Gasteiger partial charge in [-0.3, -0.25) is 4.79 Å². The average molecular weight is 209 g/mol. The Morgan fingerprint density at radius 1 is 1.40 bits per heavy atom. The molecule has 5 heteroatoms. The number of hydrogen-bond donors (Lipinski definition) is 4. The summed E-state index contributed by atoms with van der Waals surface area (Å²) >= 11 is 0. The second-order valence-corrected chi connectivity index (χ2v) is 3.45. The first-order valence-electron chi connectivity index (χ1n) is 4.60. The zero-order chi connectivity index (χ0) is 11.4. The van der Waals surface area contributed by atoms with Crippen LogP contribution in [0.1, 0.15) is 17.3 Å². The number of nitrogen functional groups attached to an aromatic ring is 2. The molecule has 1 aromatic carbocycles. The molecule has 0 aliphatic heterocycles. The second-order valence-electron chi connectivity index (χ2n) is 3.45. The van der Waals surface area contributed by atoms with E-state index in [1.54, 1.807) is 13.0 Å². The number of anilines is 2. The number of nitrogens with two attached hydrogens (primary N) is 2. The number of carbonyl (C=O) groups excluding carboxylic acids is 1. The number of nitrogens with one attached hydrogen (secondary N) is 1. The molecule has 0 spiro atoms. The molecule has 0 saturated carbocycles. The Hall–Kier alpha value is -1.75. The lowest BCUT2D eigenvalue weighted by molar-refractivity contribution is 0.0922. The normalized spacial score (nSPS) is 12.1. The number of aliphatic hydroxyl groups is 1. The molecule has 5 nitrogen and oxygen atoms in total. The van der Waals surface area contributed by atoms with Crippen LogP contribution in [0.3, 0.4) is 0 Å². The van der Waals surface area contributed by atoms with E-state index in [0.29, 0.717) is 16.9 Å². The first kappa shape index (κ1) is 11.3. The van der Waals surface area contributed by atoms with Crippen LogP contribution in [0, 0.1) is 0 Å². The molecule has 1 amide bonds. The molecular formula is C10H15N3O2. The van der Waals surface area contributed by atoms with E-state index >= 15 is 0 Å². The van der Waals surface area contributed by atoms with Gasteiger partial charge in [0, 0.05) is 23.0 Å². The van der Waals surface area contributed by atoms with Crippen molar-refractivity contribution >= 4 is 17.3 Å². The Morgan fingerprint density at radius 2 is 1.93 bits per heavy atom. The topological polar surface area (TPSA) is 101 Å². The molecule has 0 bridgehead atoms. The van der Waals surface area contributed by atoms with Gasteiger partial charge in [-0.25, -0.2) is 0 Å². The fourth-order valence-corrected chi connectivity index (χ4v) is 1.16. The van der Waals surface area contributed by atoms with Crippen molar-refractivity contribution in [2.24, 2.45) is 0 Å². The van der Waals surface area contributed by atoms with Crippen LogP contribution in [-0.4, -0.2) is 23.7 Å². The Kier molecular flexibility index (Phi) is 3.51. The summed E-state index contributed by atoms with van der Waals surface area (Å²) in [6, 6.07) is 4.36. The summed E-state index contributed by atoms with van der Waals surface area (Å²) in [4.78, 5) is 11.6. The van der Waals surface area contributed by atoms with Gasteiger partial charge in [0.25, 0.3) is 5.91 Å². The molecule has 0 aromatic heterocycles. The van der Waals surface area contributed by atoms with Gasteiger partial charge < -0.3 is 21.9 Å². The molecule has 0 fully saturated rings. The van der Waals surface area contributed by atoms with Crippen molar-refractivity contribution in [3.05, 3.63) is 23.8 Å². The van der Waals surface area contributed by atoms with Crippen molar-refractivity contribution in [2.45, 2.75) is 13.0 Å². The number of amides is 1. The van der Waals surface area contributed by atoms with Crippen molar-refractivity contribution in [1.29, 1.82) is 0 Å². The van der Waals surface area contributed by atoms with Crippen LogP contribution in [0.2, 0.25) is 0 Å². The minimum atomic E-state index is -0.296. The van der Waals surface area contributed by atoms with Crippen molar-refractivity contribution in [3.63, 3.8) is 0 Å². The summed E-state index contributed by atoms with van der Waals surface area (Å²) in [5.41, 5.74) is 12.4. The van der Waals surface area contributed by atoms with E-state index in [4.69, 9.17) is 16.6 Å². The average Bonchev–Trinajstić information content (AvgIpc) is 2.16. The van der Waals surface area contributed by atoms with Crippen molar-refractivity contribution in [2.75, 3.05) is 18.1 Å². The van der Waals surface area contributed by atoms with Crippen LogP contribution in [0.4, 0.5) is 11.4 Å². The first-order valence-corrected chi connectivity index (χ1v) is 4.60. The predicted molar refractivity (Wildman–Crippen MR) is 59.3 cm³/mol. The Bertz CT molecular complexity index is 345. The lowest BCUT2D eigenvalue weighted by atomic mass is 10.1. The van der Waals surface area contributed by atoms with Crippen LogP contribution in [-0.2, 0) is 0 Å². The summed E-state index contributed by atoms with van der Waals surface area (Å²) in [5.74, 6) is -0.296. The van der Waals surface area contributed by atoms with Crippen LogP contribution in [0.5, 0.6) is 0 Å². The van der Waals surface area contributed by atoms with Crippen molar-refractivity contribution < 1.29 is 9.90 Å². The van der Waals surface area contributed by atoms with Gasteiger partial charge in [-0.05, 0) is 25.1 Å². The molecule has 0 saturated heterocycles. The molecule has 0 radical (unpaired) electrons. The fraction of sp³-hybridized carbons (Fsp3) is 0.300. The fourth-order valence-electron chi connectivity index (χ4n) is 1.16. The van der Waals surface area contributed by atoms with Gasteiger partial charge in [-0.2, -0.15) is 0 Å². The first-order chi connectivity index (χ1) is 7.02. The lowest BCUT2D eigenvalue weighted by Crippen LogP contribution is -2.35. The second kappa shape index (κ2) is 4.65. The third kappa shape index (κ3) is 3.14. The van der Waals surface area contributed by atoms with Gasteiger partial charge >= 0.3 is 0 Å². The van der Waals surface area contributed by atoms with E-state index < -0.39 is 0 Å². The molecule has 0 heterocycles. The van der Waals surface area contributed by atoms with E-state index in [0.717, 1.165) is 0 Å².